The molecule has 0 spiro atoms. The van der Waals surface area contributed by atoms with Crippen LogP contribution >= 0.6 is 11.3 Å². The Kier molecular flexibility index (Phi) is 6.56. The number of ether oxygens (including phenoxy) is 2. The van der Waals surface area contributed by atoms with Gasteiger partial charge in [-0.3, -0.25) is 4.79 Å². The van der Waals surface area contributed by atoms with Gasteiger partial charge in [-0.05, 0) is 55.0 Å². The second-order valence-corrected chi connectivity index (χ2v) is 8.90. The number of esters is 1. The highest BCUT2D eigenvalue weighted by Gasteiger charge is 2.18. The van der Waals surface area contributed by atoms with Crippen molar-refractivity contribution in [3.63, 3.8) is 0 Å². The third kappa shape index (κ3) is 4.47. The van der Waals surface area contributed by atoms with E-state index in [1.807, 2.05) is 19.1 Å². The van der Waals surface area contributed by atoms with Crippen molar-refractivity contribution < 1.29 is 23.5 Å². The minimum atomic E-state index is -0.489. The summed E-state index contributed by atoms with van der Waals surface area (Å²) in [5, 5.41) is 5.42. The Hall–Kier alpha value is -3.84. The first-order chi connectivity index (χ1) is 16.3. The maximum Gasteiger partial charge on any atom is 0.350 e. The number of carbonyl (C=O) groups excluding carboxylic acids is 2. The standard InChI is InChI=1S/C27H25NO5S/c1-15-6-7-18(16(2)10-15)21-14-33-24-13-23(31-4)19(12-20(21)24)17(3)11-25(29)28-22-8-9-34-26(22)27(30)32-5/h6-14H,1-5H3,(H,28,29)/b17-11+. The van der Waals surface area contributed by atoms with E-state index >= 15 is 0 Å². The van der Waals surface area contributed by atoms with E-state index in [1.165, 1.54) is 30.1 Å². The maximum atomic E-state index is 12.7. The summed E-state index contributed by atoms with van der Waals surface area (Å²) in [7, 11) is 2.89. The zero-order valence-corrected chi connectivity index (χ0v) is 20.5. The van der Waals surface area contributed by atoms with E-state index in [2.05, 4.69) is 37.4 Å². The predicted molar refractivity (Wildman–Crippen MR) is 136 cm³/mol. The summed E-state index contributed by atoms with van der Waals surface area (Å²) < 4.78 is 16.2. The molecule has 0 unspecified atom stereocenters. The van der Waals surface area contributed by atoms with Gasteiger partial charge in [-0.2, -0.15) is 0 Å². The monoisotopic (exact) mass is 475 g/mol. The molecule has 0 fully saturated rings. The zero-order valence-electron chi connectivity index (χ0n) is 19.6. The minimum Gasteiger partial charge on any atom is -0.496 e. The molecule has 0 radical (unpaired) electrons. The van der Waals surface area contributed by atoms with Crippen molar-refractivity contribution in [1.29, 1.82) is 0 Å². The molecule has 0 saturated carbocycles. The molecule has 0 saturated heterocycles. The molecule has 0 atom stereocenters. The van der Waals surface area contributed by atoms with Crippen LogP contribution in [0.3, 0.4) is 0 Å². The summed E-state index contributed by atoms with van der Waals surface area (Å²) in [5.41, 5.74) is 7.03. The summed E-state index contributed by atoms with van der Waals surface area (Å²) in [5.74, 6) is -0.247. The Labute approximate surface area is 201 Å². The largest absolute Gasteiger partial charge is 0.496 e. The average Bonchev–Trinajstić information content (AvgIpc) is 3.44. The molecule has 0 aliphatic carbocycles. The van der Waals surface area contributed by atoms with E-state index in [1.54, 1.807) is 24.8 Å². The van der Waals surface area contributed by atoms with Gasteiger partial charge in [0.15, 0.2) is 0 Å². The van der Waals surface area contributed by atoms with Crippen LogP contribution in [-0.2, 0) is 9.53 Å². The van der Waals surface area contributed by atoms with Crippen LogP contribution in [0.4, 0.5) is 5.69 Å². The molecular weight excluding hydrogens is 450 g/mol. The second-order valence-electron chi connectivity index (χ2n) is 7.99. The number of amides is 1. The number of methoxy groups -OCH3 is 2. The average molecular weight is 476 g/mol. The minimum absolute atomic E-state index is 0.345. The molecule has 1 amide bonds. The van der Waals surface area contributed by atoms with E-state index in [9.17, 15) is 9.59 Å². The van der Waals surface area contributed by atoms with Crippen LogP contribution in [0.25, 0.3) is 27.7 Å². The van der Waals surface area contributed by atoms with Gasteiger partial charge in [-0.15, -0.1) is 11.3 Å². The molecule has 34 heavy (non-hydrogen) atoms. The van der Waals surface area contributed by atoms with Crippen molar-refractivity contribution in [2.24, 2.45) is 0 Å². The van der Waals surface area contributed by atoms with Crippen molar-refractivity contribution >= 4 is 45.4 Å². The van der Waals surface area contributed by atoms with Crippen molar-refractivity contribution in [3.8, 4) is 16.9 Å². The van der Waals surface area contributed by atoms with E-state index < -0.39 is 5.97 Å². The van der Waals surface area contributed by atoms with Gasteiger partial charge in [0.1, 0.15) is 16.2 Å². The van der Waals surface area contributed by atoms with Gasteiger partial charge in [0.2, 0.25) is 5.91 Å². The Morgan fingerprint density at radius 3 is 2.56 bits per heavy atom. The van der Waals surface area contributed by atoms with Gasteiger partial charge >= 0.3 is 5.97 Å². The lowest BCUT2D eigenvalue weighted by Crippen LogP contribution is -2.11. The molecular formula is C27H25NO5S. The van der Waals surface area contributed by atoms with Crippen LogP contribution in [-0.4, -0.2) is 26.1 Å². The van der Waals surface area contributed by atoms with Gasteiger partial charge in [0, 0.05) is 28.7 Å². The zero-order chi connectivity index (χ0) is 24.4. The number of benzene rings is 2. The Morgan fingerprint density at radius 2 is 1.85 bits per heavy atom. The third-order valence-corrected chi connectivity index (χ3v) is 6.53. The van der Waals surface area contributed by atoms with Crippen LogP contribution in [0.1, 0.15) is 33.3 Å². The van der Waals surface area contributed by atoms with Gasteiger partial charge < -0.3 is 19.2 Å². The number of hydrogen-bond donors (Lipinski definition) is 1. The number of carbonyl (C=O) groups is 2. The predicted octanol–water partition coefficient (Wildman–Crippen LogP) is 6.62. The topological polar surface area (TPSA) is 77.8 Å². The molecule has 7 heteroatoms. The summed E-state index contributed by atoms with van der Waals surface area (Å²) in [6.07, 6.45) is 3.24. The van der Waals surface area contributed by atoms with Gasteiger partial charge in [0.05, 0.1) is 26.2 Å². The fourth-order valence-electron chi connectivity index (χ4n) is 3.96. The lowest BCUT2D eigenvalue weighted by molar-refractivity contribution is -0.111. The molecule has 0 aliphatic heterocycles. The summed E-state index contributed by atoms with van der Waals surface area (Å²) >= 11 is 1.21. The summed E-state index contributed by atoms with van der Waals surface area (Å²) in [6.45, 7) is 5.99. The Balaban J connectivity index is 1.71. The smallest absolute Gasteiger partial charge is 0.350 e. The summed E-state index contributed by atoms with van der Waals surface area (Å²) in [6, 6.07) is 11.8. The lowest BCUT2D eigenvalue weighted by Gasteiger charge is -2.11. The molecule has 0 bridgehead atoms. The number of allylic oxidation sites excluding steroid dienone is 1. The van der Waals surface area contributed by atoms with Gasteiger partial charge in [-0.25, -0.2) is 4.79 Å². The van der Waals surface area contributed by atoms with E-state index in [0.29, 0.717) is 27.5 Å². The number of nitrogens with one attached hydrogen (secondary N) is 1. The van der Waals surface area contributed by atoms with Crippen LogP contribution in [0.5, 0.6) is 5.75 Å². The van der Waals surface area contributed by atoms with Crippen LogP contribution < -0.4 is 10.1 Å². The number of furan rings is 1. The van der Waals surface area contributed by atoms with Crippen LogP contribution in [0.15, 0.2) is 58.5 Å². The second kappa shape index (κ2) is 9.57. The first-order valence-corrected chi connectivity index (χ1v) is 11.5. The molecule has 0 aliphatic rings. The summed E-state index contributed by atoms with van der Waals surface area (Å²) in [4.78, 5) is 25.0. The highest BCUT2D eigenvalue weighted by atomic mass is 32.1. The molecule has 6 nitrogen and oxygen atoms in total. The number of anilines is 1. The normalized spacial score (nSPS) is 11.5. The SMILES string of the molecule is COC(=O)c1sccc1NC(=O)/C=C(\C)c1cc2c(-c3ccc(C)cc3C)coc2cc1OC. The molecule has 1 N–H and O–H groups in total. The first-order valence-electron chi connectivity index (χ1n) is 10.6. The number of rotatable bonds is 6. The quantitative estimate of drug-likeness (QED) is 0.251. The maximum absolute atomic E-state index is 12.7. The fourth-order valence-corrected chi connectivity index (χ4v) is 4.72. The first kappa shape index (κ1) is 23.3. The number of thiophene rings is 1. The van der Waals surface area contributed by atoms with Crippen molar-refractivity contribution in [2.75, 3.05) is 19.5 Å². The molecule has 4 rings (SSSR count). The highest BCUT2D eigenvalue weighted by Crippen LogP contribution is 2.38. The molecule has 2 heterocycles. The molecule has 174 valence electrons. The van der Waals surface area contributed by atoms with E-state index in [4.69, 9.17) is 13.9 Å². The highest BCUT2D eigenvalue weighted by molar-refractivity contribution is 7.12. The van der Waals surface area contributed by atoms with E-state index in [-0.39, 0.29) is 5.91 Å². The lowest BCUT2D eigenvalue weighted by atomic mass is 9.96. The molecule has 2 aromatic heterocycles. The van der Waals surface area contributed by atoms with Crippen LogP contribution in [0, 0.1) is 13.8 Å². The van der Waals surface area contributed by atoms with Gasteiger partial charge in [0.25, 0.3) is 0 Å². The Morgan fingerprint density at radius 1 is 1.06 bits per heavy atom. The Bertz CT molecular complexity index is 1430. The third-order valence-electron chi connectivity index (χ3n) is 5.63. The number of fused-ring (bicyclic) bond motifs is 1. The van der Waals surface area contributed by atoms with Crippen molar-refractivity contribution in [2.45, 2.75) is 20.8 Å². The van der Waals surface area contributed by atoms with Crippen molar-refractivity contribution in [1.82, 2.24) is 0 Å². The number of aryl methyl sites for hydroxylation is 2. The van der Waals surface area contributed by atoms with Gasteiger partial charge in [-0.1, -0.05) is 23.8 Å². The molecule has 4 aromatic rings. The number of hydrogen-bond acceptors (Lipinski definition) is 6. The van der Waals surface area contributed by atoms with E-state index in [0.717, 1.165) is 27.6 Å². The van der Waals surface area contributed by atoms with Crippen LogP contribution in [0.2, 0.25) is 0 Å². The van der Waals surface area contributed by atoms with Crippen molar-refractivity contribution in [3.05, 3.63) is 75.7 Å². The fraction of sp³-hybridized carbons (Fsp3) is 0.185. The molecule has 2 aromatic carbocycles.